The van der Waals surface area contributed by atoms with Crippen LogP contribution in [0.4, 0.5) is 8.78 Å². The van der Waals surface area contributed by atoms with Crippen molar-refractivity contribution in [2.75, 3.05) is 0 Å². The highest BCUT2D eigenvalue weighted by molar-refractivity contribution is 5.61. The van der Waals surface area contributed by atoms with E-state index in [-0.39, 0.29) is 0 Å². The molecule has 0 fully saturated rings. The molecule has 0 saturated heterocycles. The number of hydrogen-bond donors (Lipinski definition) is 0. The highest BCUT2D eigenvalue weighted by Crippen LogP contribution is 2.17. The molecule has 4 nitrogen and oxygen atoms in total. The molecule has 0 saturated carbocycles. The Balaban J connectivity index is 2.41. The molecule has 2 aromatic rings. The van der Waals surface area contributed by atoms with Crippen LogP contribution < -0.4 is 0 Å². The van der Waals surface area contributed by atoms with Crippen LogP contribution in [0.25, 0.3) is 11.9 Å². The minimum Gasteiger partial charge on any atom is -0.278 e. The van der Waals surface area contributed by atoms with Crippen LogP contribution in [0.3, 0.4) is 0 Å². The van der Waals surface area contributed by atoms with Crippen LogP contribution in [0, 0.1) is 0 Å². The summed E-state index contributed by atoms with van der Waals surface area (Å²) in [4.78, 5) is 7.21. The molecular formula is C8H6F2N4. The van der Waals surface area contributed by atoms with E-state index in [1.165, 1.54) is 37.4 Å². The third-order valence-corrected chi connectivity index (χ3v) is 1.63. The lowest BCUT2D eigenvalue weighted by atomic mass is 10.7. The van der Waals surface area contributed by atoms with Gasteiger partial charge in [-0.05, 0) is 0 Å². The van der Waals surface area contributed by atoms with Gasteiger partial charge in [-0.3, -0.25) is 9.13 Å². The van der Waals surface area contributed by atoms with Crippen molar-refractivity contribution in [3.8, 4) is 0 Å². The predicted molar refractivity (Wildman–Crippen MR) is 46.1 cm³/mol. The lowest BCUT2D eigenvalue weighted by Gasteiger charge is -2.00. The molecule has 0 radical (unpaired) electrons. The summed E-state index contributed by atoms with van der Waals surface area (Å²) in [6.07, 6.45) is 7.69. The number of hydrogen-bond acceptors (Lipinski definition) is 2. The standard InChI is InChI=1S/C8H6F2N4/c9-7(13-3-1-11-5-13)8(10)14-4-2-12-6-14/h1-6H/b8-7+. The normalized spacial score (nSPS) is 12.7. The first kappa shape index (κ1) is 8.61. The van der Waals surface area contributed by atoms with Gasteiger partial charge in [-0.1, -0.05) is 0 Å². The molecule has 2 aromatic heterocycles. The van der Waals surface area contributed by atoms with Crippen molar-refractivity contribution >= 4 is 11.9 Å². The molecule has 0 N–H and O–H groups in total. The second-order valence-corrected chi connectivity index (χ2v) is 2.52. The fourth-order valence-electron chi connectivity index (χ4n) is 0.964. The Labute approximate surface area is 78.1 Å². The fourth-order valence-corrected chi connectivity index (χ4v) is 0.964. The molecule has 2 heterocycles. The molecule has 0 spiro atoms. The van der Waals surface area contributed by atoms with E-state index in [0.717, 1.165) is 9.13 Å². The van der Waals surface area contributed by atoms with Gasteiger partial charge in [0.2, 0.25) is 0 Å². The largest absolute Gasteiger partial charge is 0.278 e. The second-order valence-electron chi connectivity index (χ2n) is 2.52. The van der Waals surface area contributed by atoms with Gasteiger partial charge in [0, 0.05) is 24.8 Å². The van der Waals surface area contributed by atoms with Crippen molar-refractivity contribution in [1.29, 1.82) is 0 Å². The number of aromatic nitrogens is 4. The summed E-state index contributed by atoms with van der Waals surface area (Å²) in [5, 5.41) is 0. The smallest absolute Gasteiger partial charge is 0.253 e. The first-order valence-electron chi connectivity index (χ1n) is 3.81. The van der Waals surface area contributed by atoms with Gasteiger partial charge >= 0.3 is 0 Å². The lowest BCUT2D eigenvalue weighted by molar-refractivity contribution is 0.616. The van der Waals surface area contributed by atoms with Crippen molar-refractivity contribution in [2.45, 2.75) is 0 Å². The molecule has 72 valence electrons. The molecular weight excluding hydrogens is 190 g/mol. The highest BCUT2D eigenvalue weighted by Gasteiger charge is 2.09. The minimum atomic E-state index is -1.03. The summed E-state index contributed by atoms with van der Waals surface area (Å²) in [6.45, 7) is 0. The van der Waals surface area contributed by atoms with Gasteiger partial charge in [0.05, 0.1) is 0 Å². The molecule has 6 heteroatoms. The van der Waals surface area contributed by atoms with Crippen LogP contribution in [-0.4, -0.2) is 19.1 Å². The third-order valence-electron chi connectivity index (χ3n) is 1.63. The molecule has 14 heavy (non-hydrogen) atoms. The van der Waals surface area contributed by atoms with Crippen LogP contribution >= 0.6 is 0 Å². The summed E-state index contributed by atoms with van der Waals surface area (Å²) in [5.74, 6) is -2.05. The van der Waals surface area contributed by atoms with Crippen LogP contribution in [0.2, 0.25) is 0 Å². The summed E-state index contributed by atoms with van der Waals surface area (Å²) < 4.78 is 28.5. The lowest BCUT2D eigenvalue weighted by Crippen LogP contribution is -1.96. The Morgan fingerprint density at radius 3 is 1.57 bits per heavy atom. The molecule has 2 rings (SSSR count). The van der Waals surface area contributed by atoms with E-state index < -0.39 is 11.9 Å². The number of halogens is 2. The molecule has 0 amide bonds. The van der Waals surface area contributed by atoms with Crippen LogP contribution in [0.15, 0.2) is 37.4 Å². The van der Waals surface area contributed by atoms with Crippen molar-refractivity contribution in [3.63, 3.8) is 0 Å². The highest BCUT2D eigenvalue weighted by atomic mass is 19.2. The van der Waals surface area contributed by atoms with Gasteiger partial charge in [0.25, 0.3) is 11.9 Å². The average Bonchev–Trinajstić information content (AvgIpc) is 2.87. The van der Waals surface area contributed by atoms with Gasteiger partial charge in [0.15, 0.2) is 0 Å². The summed E-state index contributed by atoms with van der Waals surface area (Å²) in [7, 11) is 0. The molecule has 0 aliphatic rings. The van der Waals surface area contributed by atoms with Gasteiger partial charge in [-0.25, -0.2) is 9.97 Å². The predicted octanol–water partition coefficient (Wildman–Crippen LogP) is 1.76. The zero-order valence-corrected chi connectivity index (χ0v) is 7.01. The summed E-state index contributed by atoms with van der Waals surface area (Å²) in [6, 6.07) is 0. The monoisotopic (exact) mass is 196 g/mol. The van der Waals surface area contributed by atoms with E-state index in [9.17, 15) is 8.78 Å². The van der Waals surface area contributed by atoms with E-state index in [1.807, 2.05) is 0 Å². The van der Waals surface area contributed by atoms with E-state index in [0.29, 0.717) is 0 Å². The zero-order valence-electron chi connectivity index (χ0n) is 7.01. The maximum atomic E-state index is 13.3. The summed E-state index contributed by atoms with van der Waals surface area (Å²) in [5.41, 5.74) is 0. The maximum absolute atomic E-state index is 13.3. The van der Waals surface area contributed by atoms with E-state index >= 15 is 0 Å². The van der Waals surface area contributed by atoms with Crippen LogP contribution in [0.5, 0.6) is 0 Å². The summed E-state index contributed by atoms with van der Waals surface area (Å²) >= 11 is 0. The van der Waals surface area contributed by atoms with Crippen molar-refractivity contribution < 1.29 is 8.78 Å². The van der Waals surface area contributed by atoms with Crippen LogP contribution in [0.1, 0.15) is 0 Å². The van der Waals surface area contributed by atoms with Crippen LogP contribution in [-0.2, 0) is 0 Å². The third kappa shape index (κ3) is 1.41. The zero-order chi connectivity index (χ0) is 9.97. The van der Waals surface area contributed by atoms with E-state index in [4.69, 9.17) is 0 Å². The molecule has 0 atom stereocenters. The number of nitrogens with zero attached hydrogens (tertiary/aromatic N) is 4. The van der Waals surface area contributed by atoms with Gasteiger partial charge in [-0.2, -0.15) is 8.78 Å². The number of imidazole rings is 2. The van der Waals surface area contributed by atoms with E-state index in [1.54, 1.807) is 0 Å². The fraction of sp³-hybridized carbons (Fsp3) is 0. The Kier molecular flexibility index (Phi) is 2.10. The molecule has 0 bridgehead atoms. The maximum Gasteiger partial charge on any atom is 0.253 e. The van der Waals surface area contributed by atoms with Crippen molar-refractivity contribution in [1.82, 2.24) is 19.1 Å². The van der Waals surface area contributed by atoms with Gasteiger partial charge in [0.1, 0.15) is 12.7 Å². The Bertz CT molecular complexity index is 388. The second kappa shape index (κ2) is 3.41. The Morgan fingerprint density at radius 2 is 1.29 bits per heavy atom. The van der Waals surface area contributed by atoms with Crippen molar-refractivity contribution in [3.05, 3.63) is 37.4 Å². The first-order valence-corrected chi connectivity index (χ1v) is 3.81. The van der Waals surface area contributed by atoms with Gasteiger partial charge in [-0.15, -0.1) is 0 Å². The van der Waals surface area contributed by atoms with Gasteiger partial charge < -0.3 is 0 Å². The topological polar surface area (TPSA) is 35.6 Å². The quantitative estimate of drug-likeness (QED) is 0.733. The Morgan fingerprint density at radius 1 is 0.857 bits per heavy atom. The number of rotatable bonds is 2. The average molecular weight is 196 g/mol. The molecule has 0 aromatic carbocycles. The Hall–Kier alpha value is -1.98. The SMILES string of the molecule is F/C(=C(/F)n1ccnc1)n1ccnc1. The van der Waals surface area contributed by atoms with E-state index in [2.05, 4.69) is 9.97 Å². The molecule has 0 unspecified atom stereocenters. The minimum absolute atomic E-state index is 0.940. The molecule has 0 aliphatic carbocycles. The van der Waals surface area contributed by atoms with Crippen molar-refractivity contribution in [2.24, 2.45) is 0 Å². The first-order chi connectivity index (χ1) is 6.79. The molecule has 0 aliphatic heterocycles.